The quantitative estimate of drug-likeness (QED) is 0.842. The zero-order valence-electron chi connectivity index (χ0n) is 12.3. The van der Waals surface area contributed by atoms with Crippen LogP contribution in [0.25, 0.3) is 0 Å². The van der Waals surface area contributed by atoms with Crippen molar-refractivity contribution in [1.29, 1.82) is 0 Å². The van der Waals surface area contributed by atoms with Crippen LogP contribution >= 0.6 is 23.1 Å². The first-order valence-corrected chi connectivity index (χ1v) is 8.32. The number of anilines is 2. The van der Waals surface area contributed by atoms with Crippen molar-refractivity contribution in [3.63, 3.8) is 0 Å². The van der Waals surface area contributed by atoms with Crippen LogP contribution < -0.4 is 16.0 Å². The number of allylic oxidation sites excluding steroid dienone is 1. The normalized spacial score (nSPS) is 16.5. The largest absolute Gasteiger partial charge is 0.403 e. The Balaban J connectivity index is 1.94. The van der Waals surface area contributed by atoms with Crippen molar-refractivity contribution in [2.75, 3.05) is 23.8 Å². The van der Waals surface area contributed by atoms with Gasteiger partial charge in [0.05, 0.1) is 16.4 Å². The highest BCUT2D eigenvalue weighted by atomic mass is 32.2. The summed E-state index contributed by atoms with van der Waals surface area (Å²) in [6, 6.07) is 3.91. The number of hydrogen-bond donors (Lipinski definition) is 2. The summed E-state index contributed by atoms with van der Waals surface area (Å²) < 4.78 is 1.12. The van der Waals surface area contributed by atoms with Crippen molar-refractivity contribution < 1.29 is 0 Å². The Bertz CT molecular complexity index is 722. The van der Waals surface area contributed by atoms with Crippen LogP contribution in [-0.4, -0.2) is 29.4 Å². The Hall–Kier alpha value is -2.06. The fourth-order valence-electron chi connectivity index (χ4n) is 2.05. The summed E-state index contributed by atoms with van der Waals surface area (Å²) in [5.41, 5.74) is 7.73. The molecule has 1 aliphatic rings. The summed E-state index contributed by atoms with van der Waals surface area (Å²) in [6.45, 7) is 2.69. The van der Waals surface area contributed by atoms with E-state index in [9.17, 15) is 0 Å². The van der Waals surface area contributed by atoms with E-state index in [0.717, 1.165) is 31.6 Å². The van der Waals surface area contributed by atoms with Gasteiger partial charge in [-0.05, 0) is 30.8 Å². The number of thiophene rings is 1. The predicted octanol–water partition coefficient (Wildman–Crippen LogP) is 2.77. The minimum absolute atomic E-state index is 0.690. The van der Waals surface area contributed by atoms with Gasteiger partial charge < -0.3 is 16.0 Å². The molecule has 3 rings (SSSR count). The van der Waals surface area contributed by atoms with Gasteiger partial charge >= 0.3 is 0 Å². The lowest BCUT2D eigenvalue weighted by atomic mass is 10.3. The maximum atomic E-state index is 5.69. The number of aromatic nitrogens is 2. The van der Waals surface area contributed by atoms with E-state index in [2.05, 4.69) is 31.2 Å². The summed E-state index contributed by atoms with van der Waals surface area (Å²) in [6.07, 6.45) is 5.11. The third-order valence-corrected chi connectivity index (χ3v) is 5.36. The van der Waals surface area contributed by atoms with E-state index in [4.69, 9.17) is 5.73 Å². The summed E-state index contributed by atoms with van der Waals surface area (Å²) in [5.74, 6) is 0.916. The molecule has 3 heterocycles. The number of aliphatic imine (C=N–C) groups is 1. The lowest BCUT2D eigenvalue weighted by Crippen LogP contribution is -2.36. The maximum Gasteiger partial charge on any atom is 0.193 e. The number of hydrogen-bond acceptors (Lipinski definition) is 7. The average Bonchev–Trinajstić information content (AvgIpc) is 2.96. The summed E-state index contributed by atoms with van der Waals surface area (Å²) in [4.78, 5) is 14.9. The molecular weight excluding hydrogens is 316 g/mol. The van der Waals surface area contributed by atoms with E-state index in [1.54, 1.807) is 48.7 Å². The lowest BCUT2D eigenvalue weighted by Gasteiger charge is -2.30. The molecular formula is C14H16N6S2. The monoisotopic (exact) mass is 332 g/mol. The highest BCUT2D eigenvalue weighted by molar-refractivity contribution is 8.01. The van der Waals surface area contributed by atoms with Crippen LogP contribution in [0.4, 0.5) is 10.7 Å². The number of fused-ring (bicyclic) bond motifs is 1. The minimum Gasteiger partial charge on any atom is -0.403 e. The van der Waals surface area contributed by atoms with Crippen molar-refractivity contribution >= 4 is 39.6 Å². The highest BCUT2D eigenvalue weighted by Crippen LogP contribution is 2.45. The average molecular weight is 332 g/mol. The number of amidine groups is 1. The topological polar surface area (TPSA) is 79.4 Å². The van der Waals surface area contributed by atoms with Gasteiger partial charge in [0.25, 0.3) is 0 Å². The molecule has 6 nitrogen and oxygen atoms in total. The molecule has 0 unspecified atom stereocenters. The van der Waals surface area contributed by atoms with Crippen LogP contribution in [0.15, 0.2) is 50.8 Å². The number of rotatable bonds is 3. The fourth-order valence-corrected chi connectivity index (χ4v) is 4.16. The molecule has 0 aromatic carbocycles. The van der Waals surface area contributed by atoms with E-state index < -0.39 is 0 Å². The summed E-state index contributed by atoms with van der Waals surface area (Å²) in [5, 5.41) is 5.23. The molecule has 0 saturated carbocycles. The maximum absolute atomic E-state index is 5.69. The van der Waals surface area contributed by atoms with Gasteiger partial charge in [0, 0.05) is 31.3 Å². The van der Waals surface area contributed by atoms with E-state index in [1.165, 1.54) is 0 Å². The molecule has 22 heavy (non-hydrogen) atoms. The van der Waals surface area contributed by atoms with Gasteiger partial charge in [-0.15, -0.1) is 11.3 Å². The SMILES string of the molecule is CN=C1CN(/C(C)=C\N)c2sc(Sc3ncccn3)cc2N1. The summed E-state index contributed by atoms with van der Waals surface area (Å²) in [7, 11) is 1.78. The Morgan fingerprint density at radius 2 is 2.27 bits per heavy atom. The van der Waals surface area contributed by atoms with E-state index in [1.807, 2.05) is 13.0 Å². The Labute approximate surface area is 137 Å². The van der Waals surface area contributed by atoms with Crippen LogP contribution in [0.1, 0.15) is 6.92 Å². The lowest BCUT2D eigenvalue weighted by molar-refractivity contribution is 0.968. The zero-order chi connectivity index (χ0) is 15.5. The predicted molar refractivity (Wildman–Crippen MR) is 92.7 cm³/mol. The highest BCUT2D eigenvalue weighted by Gasteiger charge is 2.25. The van der Waals surface area contributed by atoms with Crippen LogP contribution in [0.3, 0.4) is 0 Å². The van der Waals surface area contributed by atoms with Gasteiger partial charge in [-0.1, -0.05) is 0 Å². The van der Waals surface area contributed by atoms with Gasteiger partial charge in [-0.25, -0.2) is 9.97 Å². The standard InChI is InChI=1S/C14H16N6S2/c1-9(7-15)20-8-11(16-2)19-10-6-12(21-13(10)20)22-14-17-4-3-5-18-14/h3-7H,8,15H2,1-2H3,(H,16,19)/b9-7-. The zero-order valence-corrected chi connectivity index (χ0v) is 13.9. The second-order valence-electron chi connectivity index (χ2n) is 4.61. The molecule has 0 saturated heterocycles. The fraction of sp³-hybridized carbons (Fsp3) is 0.214. The molecule has 0 radical (unpaired) electrons. The van der Waals surface area contributed by atoms with E-state index in [0.29, 0.717) is 6.54 Å². The smallest absolute Gasteiger partial charge is 0.193 e. The van der Waals surface area contributed by atoms with Crippen LogP contribution in [0.2, 0.25) is 0 Å². The Morgan fingerprint density at radius 1 is 1.50 bits per heavy atom. The first kappa shape index (κ1) is 14.9. The molecule has 8 heteroatoms. The molecule has 0 atom stereocenters. The van der Waals surface area contributed by atoms with E-state index in [-0.39, 0.29) is 0 Å². The molecule has 0 amide bonds. The van der Waals surface area contributed by atoms with Gasteiger partial charge in [0.15, 0.2) is 5.16 Å². The van der Waals surface area contributed by atoms with Crippen molar-refractivity contribution in [3.8, 4) is 0 Å². The molecule has 2 aromatic heterocycles. The van der Waals surface area contributed by atoms with Crippen molar-refractivity contribution in [2.45, 2.75) is 16.3 Å². The molecule has 114 valence electrons. The Kier molecular flexibility index (Phi) is 4.30. The first-order chi connectivity index (χ1) is 10.7. The van der Waals surface area contributed by atoms with Crippen molar-refractivity contribution in [3.05, 3.63) is 36.4 Å². The minimum atomic E-state index is 0.690. The number of nitrogens with zero attached hydrogens (tertiary/aromatic N) is 4. The van der Waals surface area contributed by atoms with Crippen LogP contribution in [-0.2, 0) is 0 Å². The molecule has 2 aromatic rings. The van der Waals surface area contributed by atoms with Gasteiger partial charge in [0.2, 0.25) is 0 Å². The second kappa shape index (κ2) is 6.37. The van der Waals surface area contributed by atoms with Crippen LogP contribution in [0, 0.1) is 0 Å². The molecule has 1 aliphatic heterocycles. The summed E-state index contributed by atoms with van der Waals surface area (Å²) >= 11 is 3.24. The van der Waals surface area contributed by atoms with Crippen molar-refractivity contribution in [2.24, 2.45) is 10.7 Å². The van der Waals surface area contributed by atoms with Gasteiger partial charge in [-0.2, -0.15) is 0 Å². The number of nitrogens with one attached hydrogen (secondary N) is 1. The first-order valence-electron chi connectivity index (χ1n) is 6.68. The van der Waals surface area contributed by atoms with E-state index >= 15 is 0 Å². The van der Waals surface area contributed by atoms with Gasteiger partial charge in [0.1, 0.15) is 10.8 Å². The van der Waals surface area contributed by atoms with Crippen molar-refractivity contribution in [1.82, 2.24) is 9.97 Å². The molecule has 0 bridgehead atoms. The number of nitrogens with two attached hydrogens (primary N) is 1. The molecule has 0 aliphatic carbocycles. The Morgan fingerprint density at radius 3 is 2.95 bits per heavy atom. The molecule has 0 spiro atoms. The third-order valence-electron chi connectivity index (χ3n) is 3.19. The second-order valence-corrected chi connectivity index (χ2v) is 6.91. The molecule has 3 N–H and O–H groups in total. The van der Waals surface area contributed by atoms with Gasteiger partial charge in [-0.3, -0.25) is 4.99 Å². The van der Waals surface area contributed by atoms with Crippen LogP contribution in [0.5, 0.6) is 0 Å². The molecule has 0 fully saturated rings. The third kappa shape index (κ3) is 2.93.